The highest BCUT2D eigenvalue weighted by Gasteiger charge is 2.32. The number of Topliss-reactive ketones (excluding diaryl/α,β-unsaturated/α-hetero) is 1. The number of hydrogen-bond acceptors (Lipinski definition) is 4. The molecule has 0 fully saturated rings. The average molecular weight is 361 g/mol. The fourth-order valence-electron chi connectivity index (χ4n) is 1.30. The van der Waals surface area contributed by atoms with E-state index in [0.717, 1.165) is 11.3 Å². The summed E-state index contributed by atoms with van der Waals surface area (Å²) < 4.78 is 31.4. The van der Waals surface area contributed by atoms with Crippen LogP contribution in [0.1, 0.15) is 40.2 Å². The predicted octanol–water partition coefficient (Wildman–Crippen LogP) is 3.16. The zero-order chi connectivity index (χ0) is 18.4. The van der Waals surface area contributed by atoms with Crippen molar-refractivity contribution < 1.29 is 17.8 Å². The van der Waals surface area contributed by atoms with Gasteiger partial charge in [0.25, 0.3) is 0 Å². The molecular weight excluding hydrogens is 332 g/mol. The second-order valence-corrected chi connectivity index (χ2v) is 10.9. The minimum absolute atomic E-state index is 0.178. The highest BCUT2D eigenvalue weighted by atomic mass is 32.2. The zero-order valence-electron chi connectivity index (χ0n) is 15.0. The molecular formula is C17H28O4S2. The maximum Gasteiger partial charge on any atom is 0.184 e. The third kappa shape index (κ3) is 9.13. The van der Waals surface area contributed by atoms with Crippen LogP contribution in [0.25, 0.3) is 0 Å². The zero-order valence-corrected chi connectivity index (χ0v) is 16.7. The highest BCUT2D eigenvalue weighted by molar-refractivity contribution is 7.98. The Morgan fingerprint density at radius 1 is 1.17 bits per heavy atom. The smallest absolute Gasteiger partial charge is 0.184 e. The van der Waals surface area contributed by atoms with Gasteiger partial charge in [-0.15, -0.1) is 0 Å². The number of hydrogen-bond donors (Lipinski definition) is 0. The summed E-state index contributed by atoms with van der Waals surface area (Å²) >= 11 is 0. The lowest BCUT2D eigenvalue weighted by Crippen LogP contribution is -2.33. The first-order chi connectivity index (χ1) is 10.2. The molecule has 1 rings (SSSR count). The van der Waals surface area contributed by atoms with Gasteiger partial charge in [-0.25, -0.2) is 8.42 Å². The van der Waals surface area contributed by atoms with Gasteiger partial charge in [-0.05, 0) is 50.7 Å². The van der Waals surface area contributed by atoms with Crippen LogP contribution >= 0.6 is 0 Å². The molecule has 0 saturated carbocycles. The van der Waals surface area contributed by atoms with E-state index in [4.69, 9.17) is 0 Å². The standard InChI is InChI=1S/C10H21OS.C7H8O3S/c1-8(2)9(11)7-12(6)10(3,4)5;1-6-2-4-7(5-3-6)11(8,9)10/h8H,7H2,1-6H3;2-5H,1H3,(H,8,9,10)/q+1;/p-1. The van der Waals surface area contributed by atoms with E-state index in [1.807, 2.05) is 20.8 Å². The van der Waals surface area contributed by atoms with Crippen LogP contribution in [0.4, 0.5) is 0 Å². The van der Waals surface area contributed by atoms with Crippen molar-refractivity contribution in [3.8, 4) is 0 Å². The Kier molecular flexibility index (Phi) is 8.52. The van der Waals surface area contributed by atoms with Gasteiger partial charge in [0.05, 0.1) is 11.2 Å². The summed E-state index contributed by atoms with van der Waals surface area (Å²) in [6, 6.07) is 5.78. The number of aryl methyl sites for hydroxylation is 1. The van der Waals surface area contributed by atoms with Gasteiger partial charge in [0, 0.05) is 5.92 Å². The van der Waals surface area contributed by atoms with Gasteiger partial charge >= 0.3 is 0 Å². The van der Waals surface area contributed by atoms with Gasteiger partial charge in [0.1, 0.15) is 14.9 Å². The Hall–Kier alpha value is -0.850. The molecule has 0 amide bonds. The summed E-state index contributed by atoms with van der Waals surface area (Å²) in [6.45, 7) is 12.4. The predicted molar refractivity (Wildman–Crippen MR) is 96.9 cm³/mol. The van der Waals surface area contributed by atoms with Crippen molar-refractivity contribution in [1.29, 1.82) is 0 Å². The van der Waals surface area contributed by atoms with Crippen molar-refractivity contribution in [2.24, 2.45) is 5.92 Å². The number of benzene rings is 1. The Bertz CT molecular complexity index is 596. The fourth-order valence-corrected chi connectivity index (χ4v) is 2.96. The molecule has 1 aromatic carbocycles. The van der Waals surface area contributed by atoms with E-state index in [0.29, 0.717) is 5.78 Å². The van der Waals surface area contributed by atoms with Crippen LogP contribution in [0, 0.1) is 12.8 Å². The minimum atomic E-state index is -4.27. The molecule has 0 aliphatic heterocycles. The average Bonchev–Trinajstić information content (AvgIpc) is 2.37. The molecule has 6 heteroatoms. The summed E-state index contributed by atoms with van der Waals surface area (Å²) in [6.07, 6.45) is 2.18. The number of carbonyl (C=O) groups excluding carboxylic acids is 1. The van der Waals surface area contributed by atoms with Crippen LogP contribution in [0.2, 0.25) is 0 Å². The molecule has 1 atom stereocenters. The van der Waals surface area contributed by atoms with Gasteiger partial charge in [0.2, 0.25) is 0 Å². The molecule has 0 aliphatic carbocycles. The summed E-state index contributed by atoms with van der Waals surface area (Å²) in [5.41, 5.74) is 0.928. The fraction of sp³-hybridized carbons (Fsp3) is 0.588. The van der Waals surface area contributed by atoms with Crippen LogP contribution in [0.3, 0.4) is 0 Å². The molecule has 1 aromatic rings. The summed E-state index contributed by atoms with van der Waals surface area (Å²) in [4.78, 5) is 11.2. The molecule has 1 unspecified atom stereocenters. The minimum Gasteiger partial charge on any atom is -0.744 e. The molecule has 0 N–H and O–H groups in total. The first-order valence-corrected chi connectivity index (χ1v) is 10.6. The largest absolute Gasteiger partial charge is 0.744 e. The maximum atomic E-state index is 11.4. The molecule has 0 heterocycles. The van der Waals surface area contributed by atoms with Gasteiger partial charge in [-0.2, -0.15) is 0 Å². The lowest BCUT2D eigenvalue weighted by atomic mass is 10.1. The second-order valence-electron chi connectivity index (χ2n) is 6.78. The SMILES string of the molecule is CC(C)C(=O)C[S+](C)C(C)(C)C.Cc1ccc(S(=O)(=O)[O-])cc1. The van der Waals surface area contributed by atoms with Crippen LogP contribution in [-0.2, 0) is 25.8 Å². The van der Waals surface area contributed by atoms with E-state index in [9.17, 15) is 17.8 Å². The summed E-state index contributed by atoms with van der Waals surface area (Å²) in [5, 5.41) is 0. The molecule has 132 valence electrons. The molecule has 0 spiro atoms. The first kappa shape index (κ1) is 22.1. The quantitative estimate of drug-likeness (QED) is 0.610. The summed E-state index contributed by atoms with van der Waals surface area (Å²) in [7, 11) is -4.06. The van der Waals surface area contributed by atoms with Gasteiger partial charge < -0.3 is 4.55 Å². The lowest BCUT2D eigenvalue weighted by Gasteiger charge is -2.18. The molecule has 0 saturated heterocycles. The van der Waals surface area contributed by atoms with Gasteiger partial charge in [-0.3, -0.25) is 4.79 Å². The van der Waals surface area contributed by atoms with Crippen molar-refractivity contribution in [2.45, 2.75) is 51.2 Å². The number of carbonyl (C=O) groups is 1. The van der Waals surface area contributed by atoms with E-state index < -0.39 is 10.1 Å². The molecule has 0 aromatic heterocycles. The Morgan fingerprint density at radius 3 is 1.91 bits per heavy atom. The van der Waals surface area contributed by atoms with E-state index in [1.165, 1.54) is 12.1 Å². The molecule has 0 bridgehead atoms. The van der Waals surface area contributed by atoms with Gasteiger partial charge in [-0.1, -0.05) is 31.5 Å². The van der Waals surface area contributed by atoms with Crippen LogP contribution in [0.5, 0.6) is 0 Å². The number of ketones is 1. The molecule has 0 radical (unpaired) electrons. The van der Waals surface area contributed by atoms with Crippen molar-refractivity contribution in [3.05, 3.63) is 29.8 Å². The third-order valence-electron chi connectivity index (χ3n) is 3.36. The van der Waals surface area contributed by atoms with Crippen molar-refractivity contribution in [2.75, 3.05) is 12.0 Å². The first-order valence-electron chi connectivity index (χ1n) is 7.43. The Morgan fingerprint density at radius 2 is 1.61 bits per heavy atom. The van der Waals surface area contributed by atoms with Crippen LogP contribution < -0.4 is 0 Å². The Balaban J connectivity index is 0.000000422. The lowest BCUT2D eigenvalue weighted by molar-refractivity contribution is -0.119. The Labute approximate surface area is 143 Å². The summed E-state index contributed by atoms with van der Waals surface area (Å²) in [5.74, 6) is 1.35. The van der Waals surface area contributed by atoms with Crippen LogP contribution in [-0.4, -0.2) is 35.5 Å². The monoisotopic (exact) mass is 360 g/mol. The molecule has 0 aliphatic rings. The van der Waals surface area contributed by atoms with Crippen molar-refractivity contribution in [3.63, 3.8) is 0 Å². The van der Waals surface area contributed by atoms with Crippen LogP contribution in [0.15, 0.2) is 29.2 Å². The second kappa shape index (κ2) is 8.85. The van der Waals surface area contributed by atoms with E-state index >= 15 is 0 Å². The van der Waals surface area contributed by atoms with Crippen molar-refractivity contribution >= 4 is 26.8 Å². The normalized spacial score (nSPS) is 13.3. The third-order valence-corrected chi connectivity index (χ3v) is 7.02. The number of rotatable bonds is 4. The van der Waals surface area contributed by atoms with E-state index in [1.54, 1.807) is 12.1 Å². The topological polar surface area (TPSA) is 74.3 Å². The molecule has 4 nitrogen and oxygen atoms in total. The van der Waals surface area contributed by atoms with E-state index in [-0.39, 0.29) is 26.5 Å². The highest BCUT2D eigenvalue weighted by Crippen LogP contribution is 2.17. The molecule has 23 heavy (non-hydrogen) atoms. The van der Waals surface area contributed by atoms with Gasteiger partial charge in [0.15, 0.2) is 11.5 Å². The maximum absolute atomic E-state index is 11.4. The van der Waals surface area contributed by atoms with E-state index in [2.05, 4.69) is 27.0 Å². The van der Waals surface area contributed by atoms with Crippen molar-refractivity contribution in [1.82, 2.24) is 0 Å².